The minimum absolute atomic E-state index is 0.211. The first kappa shape index (κ1) is 8.74. The second-order valence-electron chi connectivity index (χ2n) is 1.32. The number of carboxylic acid groups (broad SMARTS) is 1. The molecule has 0 saturated carbocycles. The summed E-state index contributed by atoms with van der Waals surface area (Å²) in [6.45, 7) is 1.97. The standard InChI is InChI=1S/C4H9NO3S/c1-2-8-5(9)3-4(6)7/h9H,2-3H2,1H3,(H,6,7). The molecule has 0 saturated heterocycles. The summed E-state index contributed by atoms with van der Waals surface area (Å²) in [7, 11) is 0. The van der Waals surface area contributed by atoms with Crippen molar-refractivity contribution in [2.45, 2.75) is 6.92 Å². The molecule has 0 bridgehead atoms. The van der Waals surface area contributed by atoms with E-state index in [1.165, 1.54) is 0 Å². The average Bonchev–Trinajstić information content (AvgIpc) is 1.63. The molecule has 4 nitrogen and oxygen atoms in total. The van der Waals surface area contributed by atoms with Crippen molar-refractivity contribution in [3.05, 3.63) is 0 Å². The number of carbonyl (C=O) groups is 1. The van der Waals surface area contributed by atoms with Gasteiger partial charge in [-0.2, -0.15) is 0 Å². The molecule has 54 valence electrons. The van der Waals surface area contributed by atoms with E-state index in [1.54, 1.807) is 6.92 Å². The normalized spacial score (nSPS) is 10.1. The summed E-state index contributed by atoms with van der Waals surface area (Å²) in [5.41, 5.74) is 0. The van der Waals surface area contributed by atoms with Crippen LogP contribution in [0, 0.1) is 0 Å². The van der Waals surface area contributed by atoms with Crippen molar-refractivity contribution in [3.8, 4) is 0 Å². The summed E-state index contributed by atoms with van der Waals surface area (Å²) >= 11 is 3.68. The molecule has 0 amide bonds. The van der Waals surface area contributed by atoms with Gasteiger partial charge in [-0.05, 0) is 6.92 Å². The van der Waals surface area contributed by atoms with E-state index in [-0.39, 0.29) is 6.54 Å². The van der Waals surface area contributed by atoms with Crippen LogP contribution in [0.3, 0.4) is 0 Å². The summed E-state index contributed by atoms with van der Waals surface area (Å²) in [6.07, 6.45) is 0. The lowest BCUT2D eigenvalue weighted by atomic mass is 10.7. The molecule has 1 N–H and O–H groups in total. The highest BCUT2D eigenvalue weighted by molar-refractivity contribution is 7.77. The number of nitrogens with zero attached hydrogens (tertiary/aromatic N) is 1. The maximum atomic E-state index is 9.91. The van der Waals surface area contributed by atoms with Gasteiger partial charge in [-0.25, -0.2) is 0 Å². The SMILES string of the molecule is CCON(S)CC(=O)O. The fourth-order valence-corrected chi connectivity index (χ4v) is 0.547. The molecule has 0 spiro atoms. The first-order chi connectivity index (χ1) is 4.16. The van der Waals surface area contributed by atoms with Crippen LogP contribution in [0.4, 0.5) is 0 Å². The number of aliphatic carboxylic acids is 1. The maximum absolute atomic E-state index is 9.91. The van der Waals surface area contributed by atoms with Gasteiger partial charge in [0.1, 0.15) is 6.54 Å². The lowest BCUT2D eigenvalue weighted by Crippen LogP contribution is -2.21. The highest BCUT2D eigenvalue weighted by atomic mass is 32.1. The van der Waals surface area contributed by atoms with Crippen molar-refractivity contribution >= 4 is 18.8 Å². The minimum atomic E-state index is -0.960. The monoisotopic (exact) mass is 151 g/mol. The second kappa shape index (κ2) is 4.60. The van der Waals surface area contributed by atoms with Gasteiger partial charge in [-0.15, -0.1) is 4.47 Å². The molecule has 0 aromatic rings. The quantitative estimate of drug-likeness (QED) is 0.444. The van der Waals surface area contributed by atoms with Crippen molar-refractivity contribution in [2.24, 2.45) is 0 Å². The Morgan fingerprint density at radius 3 is 2.78 bits per heavy atom. The lowest BCUT2D eigenvalue weighted by molar-refractivity contribution is -0.146. The predicted octanol–water partition coefficient (Wildman–Crippen LogP) is 0.169. The Hall–Kier alpha value is -0.260. The number of rotatable bonds is 4. The van der Waals surface area contributed by atoms with Crippen LogP contribution >= 0.6 is 12.8 Å². The second-order valence-corrected chi connectivity index (χ2v) is 1.77. The molecule has 0 heterocycles. The van der Waals surface area contributed by atoms with E-state index in [0.717, 1.165) is 4.47 Å². The van der Waals surface area contributed by atoms with Gasteiger partial charge in [0, 0.05) is 0 Å². The van der Waals surface area contributed by atoms with E-state index in [1.807, 2.05) is 0 Å². The number of carboxylic acids is 1. The van der Waals surface area contributed by atoms with Crippen LogP contribution in [0.2, 0.25) is 0 Å². The number of hydrogen-bond acceptors (Lipinski definition) is 4. The summed E-state index contributed by atoms with van der Waals surface area (Å²) in [5.74, 6) is -0.960. The number of hydrogen-bond donors (Lipinski definition) is 2. The highest BCUT2D eigenvalue weighted by Gasteiger charge is 2.02. The van der Waals surface area contributed by atoms with Crippen LogP contribution < -0.4 is 0 Å². The van der Waals surface area contributed by atoms with Gasteiger partial charge in [0.05, 0.1) is 6.61 Å². The fourth-order valence-electron chi connectivity index (χ4n) is 0.310. The largest absolute Gasteiger partial charge is 0.480 e. The minimum Gasteiger partial charge on any atom is -0.480 e. The van der Waals surface area contributed by atoms with Gasteiger partial charge in [0.15, 0.2) is 0 Å². The van der Waals surface area contributed by atoms with Gasteiger partial charge < -0.3 is 5.11 Å². The van der Waals surface area contributed by atoms with Gasteiger partial charge in [-0.1, -0.05) is 12.8 Å². The molecule has 0 aliphatic heterocycles. The molecule has 0 aromatic carbocycles. The van der Waals surface area contributed by atoms with Crippen molar-refractivity contribution in [1.82, 2.24) is 4.47 Å². The van der Waals surface area contributed by atoms with E-state index in [0.29, 0.717) is 6.61 Å². The Kier molecular flexibility index (Phi) is 4.47. The third-order valence-corrected chi connectivity index (χ3v) is 0.806. The Morgan fingerprint density at radius 1 is 1.89 bits per heavy atom. The van der Waals surface area contributed by atoms with Crippen molar-refractivity contribution < 1.29 is 14.7 Å². The van der Waals surface area contributed by atoms with Crippen LogP contribution in [-0.2, 0) is 9.63 Å². The topological polar surface area (TPSA) is 49.8 Å². The molecule has 0 unspecified atom stereocenters. The van der Waals surface area contributed by atoms with E-state index in [2.05, 4.69) is 17.7 Å². The van der Waals surface area contributed by atoms with E-state index in [9.17, 15) is 4.79 Å². The number of thiol groups is 1. The van der Waals surface area contributed by atoms with Crippen LogP contribution in [0.5, 0.6) is 0 Å². The first-order valence-electron chi connectivity index (χ1n) is 2.48. The molecule has 0 aliphatic rings. The summed E-state index contributed by atoms with van der Waals surface area (Å²) < 4.78 is 0.975. The highest BCUT2D eigenvalue weighted by Crippen LogP contribution is 1.92. The predicted molar refractivity (Wildman–Crippen MR) is 35.0 cm³/mol. The molecule has 0 atom stereocenters. The molecule has 0 radical (unpaired) electrons. The van der Waals surface area contributed by atoms with Crippen molar-refractivity contribution in [2.75, 3.05) is 13.2 Å². The van der Waals surface area contributed by atoms with Crippen LogP contribution in [0.1, 0.15) is 6.92 Å². The third-order valence-electron chi connectivity index (χ3n) is 0.549. The van der Waals surface area contributed by atoms with E-state index < -0.39 is 5.97 Å². The number of hydroxylamine groups is 1. The van der Waals surface area contributed by atoms with Crippen LogP contribution in [-0.4, -0.2) is 28.7 Å². The molecule has 0 fully saturated rings. The van der Waals surface area contributed by atoms with Crippen LogP contribution in [0.25, 0.3) is 0 Å². The molecular weight excluding hydrogens is 142 g/mol. The van der Waals surface area contributed by atoms with Gasteiger partial charge >= 0.3 is 5.97 Å². The van der Waals surface area contributed by atoms with Gasteiger partial charge in [0.25, 0.3) is 0 Å². The lowest BCUT2D eigenvalue weighted by Gasteiger charge is -2.09. The zero-order valence-electron chi connectivity index (χ0n) is 5.07. The molecule has 0 aromatic heterocycles. The zero-order chi connectivity index (χ0) is 7.28. The molecule has 9 heavy (non-hydrogen) atoms. The molecular formula is C4H9NO3S. The maximum Gasteiger partial charge on any atom is 0.321 e. The summed E-state index contributed by atoms with van der Waals surface area (Å²) in [4.78, 5) is 14.6. The molecule has 0 aliphatic carbocycles. The van der Waals surface area contributed by atoms with Gasteiger partial charge in [0.2, 0.25) is 0 Å². The molecule has 0 rings (SSSR count). The van der Waals surface area contributed by atoms with E-state index in [4.69, 9.17) is 5.11 Å². The Morgan fingerprint density at radius 2 is 2.44 bits per heavy atom. The smallest absolute Gasteiger partial charge is 0.321 e. The van der Waals surface area contributed by atoms with E-state index >= 15 is 0 Å². The summed E-state index contributed by atoms with van der Waals surface area (Å²) in [5, 5.41) is 8.14. The summed E-state index contributed by atoms with van der Waals surface area (Å²) in [6, 6.07) is 0. The Balaban J connectivity index is 3.26. The Labute approximate surface area is 58.9 Å². The van der Waals surface area contributed by atoms with Gasteiger partial charge in [-0.3, -0.25) is 9.63 Å². The average molecular weight is 151 g/mol. The Bertz CT molecular complexity index is 97.8. The zero-order valence-corrected chi connectivity index (χ0v) is 5.97. The fraction of sp³-hybridized carbons (Fsp3) is 0.750. The molecule has 5 heteroatoms. The van der Waals surface area contributed by atoms with Crippen LogP contribution in [0.15, 0.2) is 0 Å². The van der Waals surface area contributed by atoms with Crippen molar-refractivity contribution in [3.63, 3.8) is 0 Å². The van der Waals surface area contributed by atoms with Crippen molar-refractivity contribution in [1.29, 1.82) is 0 Å². The third kappa shape index (κ3) is 5.61. The first-order valence-corrected chi connectivity index (χ1v) is 2.88.